The number of ether oxygens (including phenoxy) is 1. The van der Waals surface area contributed by atoms with Gasteiger partial charge in [-0.2, -0.15) is 0 Å². The lowest BCUT2D eigenvalue weighted by molar-refractivity contribution is -0.120. The van der Waals surface area contributed by atoms with E-state index >= 15 is 0 Å². The Morgan fingerprint density at radius 1 is 1.30 bits per heavy atom. The van der Waals surface area contributed by atoms with Crippen LogP contribution in [0.3, 0.4) is 0 Å². The predicted octanol–water partition coefficient (Wildman–Crippen LogP) is 4.21. The first-order valence-corrected chi connectivity index (χ1v) is 9.87. The van der Waals surface area contributed by atoms with E-state index in [1.165, 1.54) is 36.8 Å². The van der Waals surface area contributed by atoms with Crippen molar-refractivity contribution in [1.29, 1.82) is 0 Å². The summed E-state index contributed by atoms with van der Waals surface area (Å²) < 4.78 is 11.2. The van der Waals surface area contributed by atoms with Crippen LogP contribution in [0.25, 0.3) is 11.3 Å². The maximum Gasteiger partial charge on any atom is 0.226 e. The second-order valence-electron chi connectivity index (χ2n) is 7.52. The molecule has 1 aliphatic carbocycles. The second-order valence-corrected chi connectivity index (χ2v) is 7.52. The topological polar surface area (TPSA) is 64.4 Å². The standard InChI is InChI=1S/C22H26N2O3/c1-15-11-18-12-17(7-8-20(18)26-15)21-13-19(24-27-21)14-22(25)23-10-9-16-5-3-2-4-6-16/h5,7-8,12-13,15H,2-4,6,9-11,14H2,1H3,(H,23,25)/t15-/m0/s1. The molecular formula is C22H26N2O3. The molecule has 1 aromatic carbocycles. The van der Waals surface area contributed by atoms with Crippen LogP contribution in [-0.4, -0.2) is 23.7 Å². The zero-order valence-corrected chi connectivity index (χ0v) is 15.8. The fourth-order valence-corrected chi connectivity index (χ4v) is 3.83. The molecule has 1 aromatic heterocycles. The molecule has 4 rings (SSSR count). The first kappa shape index (κ1) is 17.8. The van der Waals surface area contributed by atoms with Crippen LogP contribution in [0, 0.1) is 0 Å². The van der Waals surface area contributed by atoms with Gasteiger partial charge in [-0.25, -0.2) is 0 Å². The van der Waals surface area contributed by atoms with Crippen LogP contribution in [0.1, 0.15) is 50.3 Å². The Balaban J connectivity index is 1.31. The van der Waals surface area contributed by atoms with Crippen LogP contribution < -0.4 is 10.1 Å². The molecular weight excluding hydrogens is 340 g/mol. The molecule has 1 aliphatic heterocycles. The van der Waals surface area contributed by atoms with Crippen LogP contribution in [0.4, 0.5) is 0 Å². The van der Waals surface area contributed by atoms with Gasteiger partial charge in [-0.1, -0.05) is 16.8 Å². The number of nitrogens with one attached hydrogen (secondary N) is 1. The number of fused-ring (bicyclic) bond motifs is 1. The van der Waals surface area contributed by atoms with Crippen molar-refractivity contribution in [2.45, 2.75) is 58.0 Å². The summed E-state index contributed by atoms with van der Waals surface area (Å²) in [6.07, 6.45) is 9.56. The minimum Gasteiger partial charge on any atom is -0.490 e. The molecule has 5 heteroatoms. The summed E-state index contributed by atoms with van der Waals surface area (Å²) in [5.74, 6) is 1.62. The lowest BCUT2D eigenvalue weighted by atomic mass is 9.97. The number of amides is 1. The van der Waals surface area contributed by atoms with Crippen molar-refractivity contribution < 1.29 is 14.1 Å². The fraction of sp³-hybridized carbons (Fsp3) is 0.455. The highest BCUT2D eigenvalue weighted by molar-refractivity contribution is 5.78. The quantitative estimate of drug-likeness (QED) is 0.778. The molecule has 2 heterocycles. The number of rotatable bonds is 6. The van der Waals surface area contributed by atoms with E-state index in [2.05, 4.69) is 29.5 Å². The molecule has 1 atom stereocenters. The van der Waals surface area contributed by atoms with Gasteiger partial charge in [0.1, 0.15) is 11.9 Å². The predicted molar refractivity (Wildman–Crippen MR) is 104 cm³/mol. The third-order valence-corrected chi connectivity index (χ3v) is 5.23. The lowest BCUT2D eigenvalue weighted by Gasteiger charge is -2.12. The van der Waals surface area contributed by atoms with Gasteiger partial charge >= 0.3 is 0 Å². The van der Waals surface area contributed by atoms with Crippen molar-refractivity contribution in [1.82, 2.24) is 10.5 Å². The molecule has 142 valence electrons. The highest BCUT2D eigenvalue weighted by Gasteiger charge is 2.20. The first-order valence-electron chi connectivity index (χ1n) is 9.87. The molecule has 1 N–H and O–H groups in total. The van der Waals surface area contributed by atoms with E-state index in [0.29, 0.717) is 18.0 Å². The first-order chi connectivity index (χ1) is 13.2. The van der Waals surface area contributed by atoms with Gasteiger partial charge in [-0.3, -0.25) is 4.79 Å². The monoisotopic (exact) mass is 366 g/mol. The van der Waals surface area contributed by atoms with E-state index in [0.717, 1.165) is 24.2 Å². The van der Waals surface area contributed by atoms with Crippen LogP contribution in [0.5, 0.6) is 5.75 Å². The van der Waals surface area contributed by atoms with Gasteiger partial charge < -0.3 is 14.6 Å². The fourth-order valence-electron chi connectivity index (χ4n) is 3.83. The molecule has 0 saturated heterocycles. The van der Waals surface area contributed by atoms with Crippen molar-refractivity contribution in [3.8, 4) is 17.1 Å². The number of allylic oxidation sites excluding steroid dienone is 1. The molecule has 1 amide bonds. The van der Waals surface area contributed by atoms with Gasteiger partial charge in [-0.15, -0.1) is 0 Å². The molecule has 2 aromatic rings. The van der Waals surface area contributed by atoms with Gasteiger partial charge in [-0.05, 0) is 62.8 Å². The summed E-state index contributed by atoms with van der Waals surface area (Å²) in [5, 5.41) is 7.05. The van der Waals surface area contributed by atoms with Gasteiger partial charge in [0.25, 0.3) is 0 Å². The minimum absolute atomic E-state index is 0.0116. The van der Waals surface area contributed by atoms with Crippen LogP contribution >= 0.6 is 0 Å². The molecule has 0 bridgehead atoms. The molecule has 0 saturated carbocycles. The normalized spacial score (nSPS) is 18.6. The van der Waals surface area contributed by atoms with Crippen LogP contribution in [0.15, 0.2) is 40.4 Å². The number of carbonyl (C=O) groups is 1. The van der Waals surface area contributed by atoms with Crippen LogP contribution in [-0.2, 0) is 17.6 Å². The number of hydrogen-bond acceptors (Lipinski definition) is 4. The maximum absolute atomic E-state index is 12.2. The van der Waals surface area contributed by atoms with E-state index < -0.39 is 0 Å². The molecule has 0 unspecified atom stereocenters. The Morgan fingerprint density at radius 3 is 3.07 bits per heavy atom. The summed E-state index contributed by atoms with van der Waals surface area (Å²) in [7, 11) is 0. The van der Waals surface area contributed by atoms with Crippen molar-refractivity contribution in [2.75, 3.05) is 6.54 Å². The van der Waals surface area contributed by atoms with Crippen LogP contribution in [0.2, 0.25) is 0 Å². The number of carbonyl (C=O) groups excluding carboxylic acids is 1. The Morgan fingerprint density at radius 2 is 2.22 bits per heavy atom. The highest BCUT2D eigenvalue weighted by Crippen LogP contribution is 2.33. The summed E-state index contributed by atoms with van der Waals surface area (Å²) in [6, 6.07) is 7.88. The van der Waals surface area contributed by atoms with Gasteiger partial charge in [0.05, 0.1) is 12.1 Å². The zero-order valence-electron chi connectivity index (χ0n) is 15.8. The van der Waals surface area contributed by atoms with Gasteiger partial charge in [0.15, 0.2) is 5.76 Å². The number of hydrogen-bond donors (Lipinski definition) is 1. The third kappa shape index (κ3) is 4.41. The van der Waals surface area contributed by atoms with Gasteiger partial charge in [0, 0.05) is 24.6 Å². The van der Waals surface area contributed by atoms with Crippen molar-refractivity contribution >= 4 is 5.91 Å². The number of nitrogens with zero attached hydrogens (tertiary/aromatic N) is 1. The molecule has 0 fully saturated rings. The lowest BCUT2D eigenvalue weighted by Crippen LogP contribution is -2.26. The molecule has 5 nitrogen and oxygen atoms in total. The van der Waals surface area contributed by atoms with Gasteiger partial charge in [0.2, 0.25) is 5.91 Å². The van der Waals surface area contributed by atoms with E-state index in [9.17, 15) is 4.79 Å². The van der Waals surface area contributed by atoms with E-state index in [1.54, 1.807) is 0 Å². The Hall–Kier alpha value is -2.56. The Labute approximate surface area is 159 Å². The smallest absolute Gasteiger partial charge is 0.226 e. The zero-order chi connectivity index (χ0) is 18.6. The second kappa shape index (κ2) is 7.99. The summed E-state index contributed by atoms with van der Waals surface area (Å²) in [4.78, 5) is 12.2. The average molecular weight is 366 g/mol. The Kier molecular flexibility index (Phi) is 5.28. The number of aromatic nitrogens is 1. The summed E-state index contributed by atoms with van der Waals surface area (Å²) in [5.41, 5.74) is 4.28. The molecule has 0 spiro atoms. The molecule has 0 radical (unpaired) electrons. The maximum atomic E-state index is 12.2. The highest BCUT2D eigenvalue weighted by atomic mass is 16.5. The SMILES string of the molecule is C[C@H]1Cc2cc(-c3cc(CC(=O)NCCC4=CCCCC4)no3)ccc2O1. The summed E-state index contributed by atoms with van der Waals surface area (Å²) >= 11 is 0. The third-order valence-electron chi connectivity index (χ3n) is 5.23. The van der Waals surface area contributed by atoms with Crippen molar-refractivity contribution in [3.05, 3.63) is 47.2 Å². The van der Waals surface area contributed by atoms with E-state index in [4.69, 9.17) is 9.26 Å². The van der Waals surface area contributed by atoms with Crippen molar-refractivity contribution in [2.24, 2.45) is 0 Å². The molecule has 2 aliphatic rings. The number of benzene rings is 1. The summed E-state index contributed by atoms with van der Waals surface area (Å²) in [6.45, 7) is 2.76. The minimum atomic E-state index is -0.0116. The van der Waals surface area contributed by atoms with E-state index in [-0.39, 0.29) is 18.4 Å². The average Bonchev–Trinajstić information content (AvgIpc) is 3.27. The van der Waals surface area contributed by atoms with E-state index in [1.807, 2.05) is 18.2 Å². The molecule has 27 heavy (non-hydrogen) atoms. The largest absolute Gasteiger partial charge is 0.490 e. The van der Waals surface area contributed by atoms with Crippen molar-refractivity contribution in [3.63, 3.8) is 0 Å². The Bertz CT molecular complexity index is 853.